The van der Waals surface area contributed by atoms with Gasteiger partial charge in [-0.3, -0.25) is 9.59 Å². The van der Waals surface area contributed by atoms with Crippen LogP contribution in [0.3, 0.4) is 0 Å². The molecule has 0 spiro atoms. The maximum atomic E-state index is 14.0. The number of nitrogens with zero attached hydrogens (tertiary/aromatic N) is 1. The van der Waals surface area contributed by atoms with Crippen molar-refractivity contribution in [3.8, 4) is 5.75 Å². The topological polar surface area (TPSA) is 55.8 Å². The van der Waals surface area contributed by atoms with Crippen LogP contribution in [0.25, 0.3) is 0 Å². The van der Waals surface area contributed by atoms with Gasteiger partial charge in [0.05, 0.1) is 13.7 Å². The molecule has 6 heteroatoms. The largest absolute Gasteiger partial charge is 0.496 e. The minimum absolute atomic E-state index is 0.0359. The molecule has 0 unspecified atom stereocenters. The second-order valence-electron chi connectivity index (χ2n) is 4.79. The SMILES string of the molecule is CCOC(=O)CN(C(=O)c1c(F)cccc1OC)C1CC1. The molecule has 0 radical (unpaired) electrons. The molecule has 21 heavy (non-hydrogen) atoms. The molecule has 1 aliphatic carbocycles. The Balaban J connectivity index is 2.25. The second kappa shape index (κ2) is 6.56. The van der Waals surface area contributed by atoms with Crippen LogP contribution in [-0.2, 0) is 9.53 Å². The number of carbonyl (C=O) groups excluding carboxylic acids is 2. The van der Waals surface area contributed by atoms with Crippen LogP contribution in [-0.4, -0.2) is 43.1 Å². The molecule has 1 aromatic rings. The van der Waals surface area contributed by atoms with Crippen LogP contribution < -0.4 is 4.74 Å². The second-order valence-corrected chi connectivity index (χ2v) is 4.79. The number of rotatable bonds is 6. The molecular formula is C15H18FNO4. The number of benzene rings is 1. The highest BCUT2D eigenvalue weighted by Gasteiger charge is 2.36. The van der Waals surface area contributed by atoms with E-state index >= 15 is 0 Å². The van der Waals surface area contributed by atoms with E-state index < -0.39 is 17.7 Å². The third-order valence-corrected chi connectivity index (χ3v) is 3.26. The Morgan fingerprint density at radius 2 is 2.10 bits per heavy atom. The summed E-state index contributed by atoms with van der Waals surface area (Å²) >= 11 is 0. The van der Waals surface area contributed by atoms with E-state index in [-0.39, 0.29) is 30.5 Å². The zero-order valence-corrected chi connectivity index (χ0v) is 12.1. The fourth-order valence-corrected chi connectivity index (χ4v) is 2.12. The quantitative estimate of drug-likeness (QED) is 0.753. The Labute approximate surface area is 122 Å². The summed E-state index contributed by atoms with van der Waals surface area (Å²) in [6, 6.07) is 4.15. The highest BCUT2D eigenvalue weighted by Crippen LogP contribution is 2.31. The maximum absolute atomic E-state index is 14.0. The first kappa shape index (κ1) is 15.3. The molecule has 0 heterocycles. The first-order valence-corrected chi connectivity index (χ1v) is 6.87. The number of ether oxygens (including phenoxy) is 2. The lowest BCUT2D eigenvalue weighted by Gasteiger charge is -2.22. The van der Waals surface area contributed by atoms with Crippen LogP contribution in [0.2, 0.25) is 0 Å². The molecule has 0 aliphatic heterocycles. The molecule has 0 atom stereocenters. The molecule has 1 fully saturated rings. The molecule has 114 valence electrons. The van der Waals surface area contributed by atoms with E-state index in [2.05, 4.69) is 0 Å². The van der Waals surface area contributed by atoms with Gasteiger partial charge in [-0.1, -0.05) is 6.07 Å². The van der Waals surface area contributed by atoms with Crippen molar-refractivity contribution in [1.82, 2.24) is 4.90 Å². The standard InChI is InChI=1S/C15H18FNO4/c1-3-21-13(18)9-17(10-7-8-10)15(19)14-11(16)5-4-6-12(14)20-2/h4-6,10H,3,7-9H2,1-2H3. The van der Waals surface area contributed by atoms with Crippen LogP contribution in [0.4, 0.5) is 4.39 Å². The molecule has 0 saturated heterocycles. The highest BCUT2D eigenvalue weighted by molar-refractivity contribution is 5.99. The molecule has 0 bridgehead atoms. The maximum Gasteiger partial charge on any atom is 0.325 e. The molecule has 0 N–H and O–H groups in total. The van der Waals surface area contributed by atoms with E-state index in [4.69, 9.17) is 9.47 Å². The molecule has 1 aliphatic rings. The summed E-state index contributed by atoms with van der Waals surface area (Å²) in [5, 5.41) is 0. The van der Waals surface area contributed by atoms with E-state index in [1.807, 2.05) is 0 Å². The van der Waals surface area contributed by atoms with Gasteiger partial charge in [0.15, 0.2) is 0 Å². The average molecular weight is 295 g/mol. The Morgan fingerprint density at radius 3 is 2.67 bits per heavy atom. The first-order valence-electron chi connectivity index (χ1n) is 6.87. The van der Waals surface area contributed by atoms with Gasteiger partial charge in [-0.05, 0) is 31.9 Å². The normalized spacial score (nSPS) is 13.7. The Morgan fingerprint density at radius 1 is 1.38 bits per heavy atom. The lowest BCUT2D eigenvalue weighted by molar-refractivity contribution is -0.144. The minimum Gasteiger partial charge on any atom is -0.496 e. The molecule has 1 amide bonds. The van der Waals surface area contributed by atoms with Crippen molar-refractivity contribution in [2.45, 2.75) is 25.8 Å². The fourth-order valence-electron chi connectivity index (χ4n) is 2.12. The van der Waals surface area contributed by atoms with E-state index in [9.17, 15) is 14.0 Å². The lowest BCUT2D eigenvalue weighted by Crippen LogP contribution is -2.38. The van der Waals surface area contributed by atoms with Crippen LogP contribution >= 0.6 is 0 Å². The van der Waals surface area contributed by atoms with Gasteiger partial charge in [-0.25, -0.2) is 4.39 Å². The Kier molecular flexibility index (Phi) is 4.77. The number of amides is 1. The smallest absolute Gasteiger partial charge is 0.325 e. The van der Waals surface area contributed by atoms with Crippen LogP contribution in [0, 0.1) is 5.82 Å². The van der Waals surface area contributed by atoms with Crippen molar-refractivity contribution in [3.05, 3.63) is 29.6 Å². The number of hydrogen-bond acceptors (Lipinski definition) is 4. The first-order chi connectivity index (χ1) is 10.1. The summed E-state index contributed by atoms with van der Waals surface area (Å²) in [4.78, 5) is 25.5. The van der Waals surface area contributed by atoms with Crippen molar-refractivity contribution in [1.29, 1.82) is 0 Å². The molecule has 0 aromatic heterocycles. The van der Waals surface area contributed by atoms with Crippen molar-refractivity contribution < 1.29 is 23.5 Å². The Hall–Kier alpha value is -2.11. The van der Waals surface area contributed by atoms with E-state index in [0.717, 1.165) is 12.8 Å². The minimum atomic E-state index is -0.658. The Bertz CT molecular complexity index is 542. The van der Waals surface area contributed by atoms with Gasteiger partial charge >= 0.3 is 5.97 Å². The lowest BCUT2D eigenvalue weighted by atomic mass is 10.1. The molecule has 2 rings (SSSR count). The third kappa shape index (κ3) is 3.51. The molecule has 1 saturated carbocycles. The monoisotopic (exact) mass is 295 g/mol. The van der Waals surface area contributed by atoms with Gasteiger partial charge in [0.1, 0.15) is 23.7 Å². The number of methoxy groups -OCH3 is 1. The van der Waals surface area contributed by atoms with Crippen LogP contribution in [0.1, 0.15) is 30.1 Å². The summed E-state index contributed by atoms with van der Waals surface area (Å²) in [6.45, 7) is 1.77. The fraction of sp³-hybridized carbons (Fsp3) is 0.467. The predicted molar refractivity (Wildman–Crippen MR) is 73.6 cm³/mol. The van der Waals surface area contributed by atoms with Crippen LogP contribution in [0.15, 0.2) is 18.2 Å². The summed E-state index contributed by atoms with van der Waals surface area (Å²) < 4.78 is 23.9. The zero-order valence-electron chi connectivity index (χ0n) is 12.1. The van der Waals surface area contributed by atoms with Gasteiger partial charge in [-0.2, -0.15) is 0 Å². The summed E-state index contributed by atoms with van der Waals surface area (Å²) in [7, 11) is 1.37. The van der Waals surface area contributed by atoms with E-state index in [0.29, 0.717) is 0 Å². The van der Waals surface area contributed by atoms with E-state index in [1.54, 1.807) is 6.92 Å². The summed E-state index contributed by atoms with van der Waals surface area (Å²) in [5.74, 6) is -1.53. The average Bonchev–Trinajstić information content (AvgIpc) is 3.28. The van der Waals surface area contributed by atoms with Crippen molar-refractivity contribution in [2.75, 3.05) is 20.3 Å². The molecule has 5 nitrogen and oxygen atoms in total. The zero-order chi connectivity index (χ0) is 15.4. The van der Waals surface area contributed by atoms with Gasteiger partial charge < -0.3 is 14.4 Å². The number of esters is 1. The van der Waals surface area contributed by atoms with Gasteiger partial charge in [0, 0.05) is 6.04 Å². The molecule has 1 aromatic carbocycles. The van der Waals surface area contributed by atoms with Gasteiger partial charge in [0.2, 0.25) is 0 Å². The predicted octanol–water partition coefficient (Wildman–Crippen LogP) is 2.00. The van der Waals surface area contributed by atoms with Crippen molar-refractivity contribution in [3.63, 3.8) is 0 Å². The number of carbonyl (C=O) groups is 2. The number of halogens is 1. The summed E-state index contributed by atoms with van der Waals surface area (Å²) in [5.41, 5.74) is -0.142. The van der Waals surface area contributed by atoms with Gasteiger partial charge in [-0.15, -0.1) is 0 Å². The highest BCUT2D eigenvalue weighted by atomic mass is 19.1. The van der Waals surface area contributed by atoms with Gasteiger partial charge in [0.25, 0.3) is 5.91 Å². The van der Waals surface area contributed by atoms with E-state index in [1.165, 1.54) is 30.2 Å². The molecular weight excluding hydrogens is 277 g/mol. The van der Waals surface area contributed by atoms with Crippen molar-refractivity contribution in [2.24, 2.45) is 0 Å². The third-order valence-electron chi connectivity index (χ3n) is 3.26. The number of hydrogen-bond donors (Lipinski definition) is 0. The summed E-state index contributed by atoms with van der Waals surface area (Å²) in [6.07, 6.45) is 1.61. The van der Waals surface area contributed by atoms with Crippen LogP contribution in [0.5, 0.6) is 5.75 Å². The van der Waals surface area contributed by atoms with Crippen molar-refractivity contribution >= 4 is 11.9 Å².